The quantitative estimate of drug-likeness (QED) is 0.732. The highest BCUT2D eigenvalue weighted by Gasteiger charge is 2.15. The van der Waals surface area contributed by atoms with Crippen LogP contribution in [0.3, 0.4) is 0 Å². The molecule has 0 amide bonds. The van der Waals surface area contributed by atoms with Crippen LogP contribution in [0, 0.1) is 6.92 Å². The summed E-state index contributed by atoms with van der Waals surface area (Å²) in [5.74, 6) is 0. The molecule has 0 fully saturated rings. The Labute approximate surface area is 111 Å². The van der Waals surface area contributed by atoms with E-state index in [2.05, 4.69) is 49.6 Å². The molecular weight excluding hydrogens is 226 g/mol. The number of hydrogen-bond acceptors (Lipinski definition) is 2. The Balaban J connectivity index is 0.000000581. The van der Waals surface area contributed by atoms with Crippen molar-refractivity contribution in [2.75, 3.05) is 0 Å². The maximum atomic E-state index is 3.34. The van der Waals surface area contributed by atoms with E-state index in [1.807, 2.05) is 39.5 Å². The summed E-state index contributed by atoms with van der Waals surface area (Å²) in [6.45, 7) is 12.2. The lowest BCUT2D eigenvalue weighted by molar-refractivity contribution is 0.860. The second-order valence-electron chi connectivity index (χ2n) is 3.33. The van der Waals surface area contributed by atoms with E-state index in [9.17, 15) is 0 Å². The average Bonchev–Trinajstić information content (AvgIpc) is 2.82. The SMILES string of the molecule is CC.CC.CC1=CNC(c2ccc(C)cc2)S1. The van der Waals surface area contributed by atoms with Crippen LogP contribution in [0.5, 0.6) is 0 Å². The van der Waals surface area contributed by atoms with E-state index in [-0.39, 0.29) is 0 Å². The number of thioether (sulfide) groups is 1. The van der Waals surface area contributed by atoms with Crippen LogP contribution in [0.1, 0.15) is 51.1 Å². The Morgan fingerprint density at radius 1 is 0.941 bits per heavy atom. The van der Waals surface area contributed by atoms with Crippen LogP contribution in [-0.2, 0) is 0 Å². The van der Waals surface area contributed by atoms with Crippen LogP contribution in [0.4, 0.5) is 0 Å². The van der Waals surface area contributed by atoms with Crippen LogP contribution in [0.2, 0.25) is 0 Å². The first-order valence-corrected chi connectivity index (χ1v) is 7.30. The minimum atomic E-state index is 0.417. The Bertz CT molecular complexity index is 327. The van der Waals surface area contributed by atoms with E-state index in [4.69, 9.17) is 0 Å². The van der Waals surface area contributed by atoms with Crippen molar-refractivity contribution in [3.8, 4) is 0 Å². The topological polar surface area (TPSA) is 12.0 Å². The van der Waals surface area contributed by atoms with Gasteiger partial charge in [-0.15, -0.1) is 0 Å². The first-order chi connectivity index (χ1) is 8.25. The van der Waals surface area contributed by atoms with Gasteiger partial charge in [0.25, 0.3) is 0 Å². The van der Waals surface area contributed by atoms with Crippen molar-refractivity contribution in [1.82, 2.24) is 5.32 Å². The van der Waals surface area contributed by atoms with E-state index in [0.717, 1.165) is 0 Å². The maximum absolute atomic E-state index is 3.34. The van der Waals surface area contributed by atoms with Crippen molar-refractivity contribution in [3.63, 3.8) is 0 Å². The summed E-state index contributed by atoms with van der Waals surface area (Å²) in [5, 5.41) is 3.76. The third kappa shape index (κ3) is 5.31. The predicted molar refractivity (Wildman–Crippen MR) is 81.1 cm³/mol. The molecule has 1 aromatic rings. The maximum Gasteiger partial charge on any atom is 0.102 e. The van der Waals surface area contributed by atoms with Crippen molar-refractivity contribution in [2.24, 2.45) is 0 Å². The standard InChI is InChI=1S/C11H13NS.2C2H6/c1-8-3-5-10(6-4-8)11-12-7-9(2)13-11;2*1-2/h3-7,11-12H,1-2H3;2*1-2H3. The number of hydrogen-bond donors (Lipinski definition) is 1. The predicted octanol–water partition coefficient (Wildman–Crippen LogP) is 5.24. The molecule has 17 heavy (non-hydrogen) atoms. The van der Waals surface area contributed by atoms with E-state index >= 15 is 0 Å². The summed E-state index contributed by atoms with van der Waals surface area (Å²) < 4.78 is 0. The molecule has 0 aromatic heterocycles. The zero-order valence-electron chi connectivity index (χ0n) is 11.9. The molecule has 1 nitrogen and oxygen atoms in total. The molecule has 2 rings (SSSR count). The largest absolute Gasteiger partial charge is 0.375 e. The molecule has 1 unspecified atom stereocenters. The van der Waals surface area contributed by atoms with Gasteiger partial charge in [0.05, 0.1) is 0 Å². The summed E-state index contributed by atoms with van der Waals surface area (Å²) in [4.78, 5) is 1.35. The third-order valence-electron chi connectivity index (χ3n) is 2.12. The Morgan fingerprint density at radius 2 is 1.47 bits per heavy atom. The highest BCUT2D eigenvalue weighted by atomic mass is 32.2. The smallest absolute Gasteiger partial charge is 0.102 e. The van der Waals surface area contributed by atoms with Gasteiger partial charge in [0.15, 0.2) is 0 Å². The molecule has 0 saturated carbocycles. The van der Waals surface area contributed by atoms with E-state index in [1.54, 1.807) is 0 Å². The summed E-state index contributed by atoms with van der Waals surface area (Å²) in [5.41, 5.74) is 2.67. The van der Waals surface area contributed by atoms with Gasteiger partial charge in [-0.3, -0.25) is 0 Å². The zero-order chi connectivity index (χ0) is 13.3. The van der Waals surface area contributed by atoms with Crippen molar-refractivity contribution in [2.45, 2.75) is 46.9 Å². The Morgan fingerprint density at radius 3 is 1.88 bits per heavy atom. The van der Waals surface area contributed by atoms with Crippen LogP contribution in [0.15, 0.2) is 35.4 Å². The molecule has 1 aliphatic heterocycles. The molecule has 1 aromatic carbocycles. The molecule has 0 saturated heterocycles. The fraction of sp³-hybridized carbons (Fsp3) is 0.467. The van der Waals surface area contributed by atoms with Gasteiger partial charge >= 0.3 is 0 Å². The van der Waals surface area contributed by atoms with Gasteiger partial charge in [-0.05, 0) is 24.3 Å². The fourth-order valence-corrected chi connectivity index (χ4v) is 2.29. The van der Waals surface area contributed by atoms with E-state index in [0.29, 0.717) is 5.37 Å². The second-order valence-corrected chi connectivity index (χ2v) is 4.68. The molecule has 2 heteroatoms. The number of allylic oxidation sites excluding steroid dienone is 1. The first kappa shape index (κ1) is 16.1. The molecule has 1 N–H and O–H groups in total. The number of nitrogens with one attached hydrogen (secondary N) is 1. The van der Waals surface area contributed by atoms with Gasteiger partial charge in [-0.1, -0.05) is 69.3 Å². The molecule has 1 aliphatic rings. The highest BCUT2D eigenvalue weighted by Crippen LogP contribution is 2.36. The molecule has 96 valence electrons. The zero-order valence-corrected chi connectivity index (χ0v) is 12.7. The minimum Gasteiger partial charge on any atom is -0.375 e. The molecule has 1 heterocycles. The van der Waals surface area contributed by atoms with E-state index in [1.165, 1.54) is 16.0 Å². The van der Waals surface area contributed by atoms with Crippen LogP contribution >= 0.6 is 11.8 Å². The molecule has 0 radical (unpaired) electrons. The minimum absolute atomic E-state index is 0.417. The average molecular weight is 251 g/mol. The number of rotatable bonds is 1. The van der Waals surface area contributed by atoms with Crippen LogP contribution < -0.4 is 5.32 Å². The van der Waals surface area contributed by atoms with Gasteiger partial charge < -0.3 is 5.32 Å². The normalized spacial score (nSPS) is 16.8. The lowest BCUT2D eigenvalue weighted by atomic mass is 10.1. The van der Waals surface area contributed by atoms with Gasteiger partial charge in [-0.2, -0.15) is 0 Å². The number of benzene rings is 1. The fourth-order valence-electron chi connectivity index (χ4n) is 1.35. The summed E-state index contributed by atoms with van der Waals surface area (Å²) in [7, 11) is 0. The second kappa shape index (κ2) is 9.17. The molecule has 1 atom stereocenters. The molecule has 0 aliphatic carbocycles. The van der Waals surface area contributed by atoms with Crippen LogP contribution in [0.25, 0.3) is 0 Å². The van der Waals surface area contributed by atoms with Gasteiger partial charge in [-0.25, -0.2) is 0 Å². The first-order valence-electron chi connectivity index (χ1n) is 6.42. The van der Waals surface area contributed by atoms with E-state index < -0.39 is 0 Å². The lowest BCUT2D eigenvalue weighted by Gasteiger charge is -2.10. The molecule has 0 bridgehead atoms. The van der Waals surface area contributed by atoms with Crippen molar-refractivity contribution in [3.05, 3.63) is 46.5 Å². The Hall–Kier alpha value is -0.890. The monoisotopic (exact) mass is 251 g/mol. The summed E-state index contributed by atoms with van der Waals surface area (Å²) in [6, 6.07) is 8.69. The van der Waals surface area contributed by atoms with Crippen LogP contribution in [-0.4, -0.2) is 0 Å². The summed E-state index contributed by atoms with van der Waals surface area (Å²) >= 11 is 1.87. The molecule has 0 spiro atoms. The van der Waals surface area contributed by atoms with Gasteiger partial charge in [0.1, 0.15) is 5.37 Å². The lowest BCUT2D eigenvalue weighted by Crippen LogP contribution is -2.06. The van der Waals surface area contributed by atoms with Gasteiger partial charge in [0.2, 0.25) is 0 Å². The Kier molecular flexibility index (Phi) is 8.69. The van der Waals surface area contributed by atoms with Crippen molar-refractivity contribution in [1.29, 1.82) is 0 Å². The van der Waals surface area contributed by atoms with Gasteiger partial charge in [0, 0.05) is 6.20 Å². The molecular formula is C15H25NS. The third-order valence-corrected chi connectivity index (χ3v) is 3.26. The summed E-state index contributed by atoms with van der Waals surface area (Å²) in [6.07, 6.45) is 2.08. The highest BCUT2D eigenvalue weighted by molar-refractivity contribution is 8.03. The number of aryl methyl sites for hydroxylation is 1. The van der Waals surface area contributed by atoms with Crippen molar-refractivity contribution < 1.29 is 0 Å². The van der Waals surface area contributed by atoms with Crippen molar-refractivity contribution >= 4 is 11.8 Å².